The van der Waals surface area contributed by atoms with Crippen LogP contribution in [0.2, 0.25) is 0 Å². The van der Waals surface area contributed by atoms with Crippen LogP contribution >= 0.6 is 0 Å². The van der Waals surface area contributed by atoms with E-state index in [1.54, 1.807) is 31.2 Å². The molecule has 0 unspecified atom stereocenters. The Kier molecular flexibility index (Phi) is 4.59. The molecule has 0 fully saturated rings. The molecule has 21 heavy (non-hydrogen) atoms. The Balaban J connectivity index is 2.20. The third-order valence-electron chi connectivity index (χ3n) is 3.13. The molecule has 2 aromatic carbocycles. The molecule has 0 aliphatic heterocycles. The van der Waals surface area contributed by atoms with Crippen LogP contribution in [0.1, 0.15) is 16.7 Å². The van der Waals surface area contributed by atoms with Gasteiger partial charge in [-0.2, -0.15) is 0 Å². The van der Waals surface area contributed by atoms with Crippen molar-refractivity contribution < 1.29 is 12.8 Å². The Morgan fingerprint density at radius 3 is 2.43 bits per heavy atom. The van der Waals surface area contributed by atoms with E-state index in [1.807, 2.05) is 0 Å². The second kappa shape index (κ2) is 6.24. The summed E-state index contributed by atoms with van der Waals surface area (Å²) >= 11 is 0. The Morgan fingerprint density at radius 1 is 1.14 bits per heavy atom. The molecule has 0 bridgehead atoms. The fraction of sp³-hybridized carbons (Fsp3) is 0.200. The van der Waals surface area contributed by atoms with Gasteiger partial charge in [0.25, 0.3) is 0 Å². The van der Waals surface area contributed by atoms with Gasteiger partial charge in [0.15, 0.2) is 0 Å². The molecule has 0 aliphatic rings. The van der Waals surface area contributed by atoms with Gasteiger partial charge >= 0.3 is 0 Å². The van der Waals surface area contributed by atoms with Crippen LogP contribution < -0.4 is 10.5 Å². The van der Waals surface area contributed by atoms with Gasteiger partial charge in [-0.3, -0.25) is 4.72 Å². The standard InChI is InChI=1S/C15H17FN2O2S/c1-11-6-7-14(8-15(11)16)18-21(19,20)10-13-5-3-2-4-12(13)9-17/h2-8,18H,9-10,17H2,1H3. The molecule has 0 amide bonds. The van der Waals surface area contributed by atoms with Gasteiger partial charge in [0.2, 0.25) is 10.0 Å². The molecule has 6 heteroatoms. The third kappa shape index (κ3) is 4.03. The molecule has 2 rings (SSSR count). The van der Waals surface area contributed by atoms with Crippen molar-refractivity contribution in [3.63, 3.8) is 0 Å². The predicted octanol–water partition coefficient (Wildman–Crippen LogP) is 2.53. The summed E-state index contributed by atoms with van der Waals surface area (Å²) in [4.78, 5) is 0. The highest BCUT2D eigenvalue weighted by Gasteiger charge is 2.14. The van der Waals surface area contributed by atoms with Crippen LogP contribution in [-0.4, -0.2) is 8.42 Å². The molecule has 0 aliphatic carbocycles. The summed E-state index contributed by atoms with van der Waals surface area (Å²) in [6, 6.07) is 11.3. The molecule has 0 spiro atoms. The van der Waals surface area contributed by atoms with Gasteiger partial charge in [-0.05, 0) is 35.7 Å². The zero-order valence-electron chi connectivity index (χ0n) is 11.6. The van der Waals surface area contributed by atoms with Gasteiger partial charge in [0, 0.05) is 6.54 Å². The second-order valence-corrected chi connectivity index (χ2v) is 6.52. The molecule has 0 saturated heterocycles. The molecule has 0 radical (unpaired) electrons. The van der Waals surface area contributed by atoms with E-state index in [-0.39, 0.29) is 18.0 Å². The average Bonchev–Trinajstić information content (AvgIpc) is 2.43. The first-order valence-electron chi connectivity index (χ1n) is 6.45. The fourth-order valence-corrected chi connectivity index (χ4v) is 3.22. The SMILES string of the molecule is Cc1ccc(NS(=O)(=O)Cc2ccccc2CN)cc1F. The predicted molar refractivity (Wildman–Crippen MR) is 81.7 cm³/mol. The highest BCUT2D eigenvalue weighted by Crippen LogP contribution is 2.18. The zero-order chi connectivity index (χ0) is 15.5. The van der Waals surface area contributed by atoms with Gasteiger partial charge in [-0.15, -0.1) is 0 Å². The van der Waals surface area contributed by atoms with E-state index in [1.165, 1.54) is 18.2 Å². The Hall–Kier alpha value is -1.92. The fourth-order valence-electron chi connectivity index (χ4n) is 1.97. The minimum absolute atomic E-state index is 0.199. The van der Waals surface area contributed by atoms with Crippen molar-refractivity contribution >= 4 is 15.7 Å². The quantitative estimate of drug-likeness (QED) is 0.891. The summed E-state index contributed by atoms with van der Waals surface area (Å²) in [6.07, 6.45) is 0. The second-order valence-electron chi connectivity index (χ2n) is 4.80. The maximum atomic E-state index is 13.4. The smallest absolute Gasteiger partial charge is 0.236 e. The third-order valence-corrected chi connectivity index (χ3v) is 4.37. The monoisotopic (exact) mass is 308 g/mol. The van der Waals surface area contributed by atoms with Crippen molar-refractivity contribution in [3.8, 4) is 0 Å². The number of rotatable bonds is 5. The van der Waals surface area contributed by atoms with Crippen molar-refractivity contribution in [2.75, 3.05) is 4.72 Å². The number of anilines is 1. The first kappa shape index (κ1) is 15.5. The number of nitrogens with two attached hydrogens (primary N) is 1. The van der Waals surface area contributed by atoms with Crippen LogP contribution in [0.4, 0.5) is 10.1 Å². The number of nitrogens with one attached hydrogen (secondary N) is 1. The van der Waals surface area contributed by atoms with Crippen LogP contribution in [0, 0.1) is 12.7 Å². The van der Waals surface area contributed by atoms with Crippen LogP contribution in [0.3, 0.4) is 0 Å². The number of halogens is 1. The lowest BCUT2D eigenvalue weighted by atomic mass is 10.1. The first-order valence-corrected chi connectivity index (χ1v) is 8.10. The molecule has 0 atom stereocenters. The Bertz CT molecular complexity index is 745. The van der Waals surface area contributed by atoms with Gasteiger partial charge in [-0.25, -0.2) is 12.8 Å². The van der Waals surface area contributed by atoms with Crippen molar-refractivity contribution in [1.29, 1.82) is 0 Å². The molecule has 0 heterocycles. The molecular formula is C15H17FN2O2S. The van der Waals surface area contributed by atoms with Crippen molar-refractivity contribution in [2.45, 2.75) is 19.2 Å². The molecular weight excluding hydrogens is 291 g/mol. The maximum absolute atomic E-state index is 13.4. The van der Waals surface area contributed by atoms with Crippen molar-refractivity contribution in [1.82, 2.24) is 0 Å². The summed E-state index contributed by atoms with van der Waals surface area (Å²) in [5.41, 5.74) is 7.68. The molecule has 0 aromatic heterocycles. The van der Waals surface area contributed by atoms with Crippen LogP contribution in [0.5, 0.6) is 0 Å². The van der Waals surface area contributed by atoms with Gasteiger partial charge in [0.1, 0.15) is 5.82 Å². The molecule has 112 valence electrons. The number of hydrogen-bond acceptors (Lipinski definition) is 3. The van der Waals surface area contributed by atoms with E-state index in [0.717, 1.165) is 5.56 Å². The first-order chi connectivity index (χ1) is 9.91. The van der Waals surface area contributed by atoms with E-state index in [4.69, 9.17) is 5.73 Å². The van der Waals surface area contributed by atoms with Crippen LogP contribution in [0.25, 0.3) is 0 Å². The van der Waals surface area contributed by atoms with Crippen LogP contribution in [-0.2, 0) is 22.3 Å². The molecule has 0 saturated carbocycles. The molecule has 2 aromatic rings. The van der Waals surface area contributed by atoms with E-state index >= 15 is 0 Å². The van der Waals surface area contributed by atoms with Crippen LogP contribution in [0.15, 0.2) is 42.5 Å². The summed E-state index contributed by atoms with van der Waals surface area (Å²) < 4.78 is 40.1. The van der Waals surface area contributed by atoms with Gasteiger partial charge in [0.05, 0.1) is 11.4 Å². The van der Waals surface area contributed by atoms with Crippen molar-refractivity contribution in [3.05, 3.63) is 65.0 Å². The minimum atomic E-state index is -3.62. The van der Waals surface area contributed by atoms with E-state index < -0.39 is 15.8 Å². The normalized spacial score (nSPS) is 11.4. The number of aryl methyl sites for hydroxylation is 1. The molecule has 4 nitrogen and oxygen atoms in total. The highest BCUT2D eigenvalue weighted by molar-refractivity contribution is 7.91. The zero-order valence-corrected chi connectivity index (χ0v) is 12.5. The number of benzene rings is 2. The minimum Gasteiger partial charge on any atom is -0.326 e. The highest BCUT2D eigenvalue weighted by atomic mass is 32.2. The molecule has 3 N–H and O–H groups in total. The summed E-state index contributed by atoms with van der Waals surface area (Å²) in [7, 11) is -3.62. The Labute approximate surface area is 123 Å². The maximum Gasteiger partial charge on any atom is 0.236 e. The Morgan fingerprint density at radius 2 is 1.81 bits per heavy atom. The summed E-state index contributed by atoms with van der Waals surface area (Å²) in [5, 5.41) is 0. The topological polar surface area (TPSA) is 72.2 Å². The summed E-state index contributed by atoms with van der Waals surface area (Å²) in [5.74, 6) is -0.645. The number of sulfonamides is 1. The van der Waals surface area contributed by atoms with Gasteiger partial charge < -0.3 is 5.73 Å². The lowest BCUT2D eigenvalue weighted by Gasteiger charge is -2.11. The lowest BCUT2D eigenvalue weighted by molar-refractivity contribution is 0.600. The average molecular weight is 308 g/mol. The largest absolute Gasteiger partial charge is 0.326 e. The number of hydrogen-bond donors (Lipinski definition) is 2. The summed E-state index contributed by atoms with van der Waals surface area (Å²) in [6.45, 7) is 1.88. The lowest BCUT2D eigenvalue weighted by Crippen LogP contribution is -2.16. The van der Waals surface area contributed by atoms with Gasteiger partial charge in [-0.1, -0.05) is 30.3 Å². The van der Waals surface area contributed by atoms with E-state index in [2.05, 4.69) is 4.72 Å². The van der Waals surface area contributed by atoms with Crippen molar-refractivity contribution in [2.24, 2.45) is 5.73 Å². The van der Waals surface area contributed by atoms with E-state index in [0.29, 0.717) is 11.1 Å². The van der Waals surface area contributed by atoms with E-state index in [9.17, 15) is 12.8 Å².